The third kappa shape index (κ3) is 5.48. The van der Waals surface area contributed by atoms with Crippen molar-refractivity contribution < 1.29 is 9.47 Å². The van der Waals surface area contributed by atoms with Crippen molar-refractivity contribution in [3.05, 3.63) is 30.0 Å². The second kappa shape index (κ2) is 9.59. The maximum atomic E-state index is 6.02. The van der Waals surface area contributed by atoms with Crippen LogP contribution in [0.25, 0.3) is 0 Å². The van der Waals surface area contributed by atoms with Crippen LogP contribution in [0.2, 0.25) is 0 Å². The largest absolute Gasteiger partial charge is 0.493 e. The molecule has 0 radical (unpaired) electrons. The van der Waals surface area contributed by atoms with Crippen molar-refractivity contribution in [1.29, 1.82) is 0 Å². The van der Waals surface area contributed by atoms with Gasteiger partial charge in [0.25, 0.3) is 0 Å². The van der Waals surface area contributed by atoms with Gasteiger partial charge in [0.2, 0.25) is 5.95 Å². The molecule has 1 unspecified atom stereocenters. The first kappa shape index (κ1) is 20.2. The third-order valence-electron chi connectivity index (χ3n) is 4.91. The van der Waals surface area contributed by atoms with Gasteiger partial charge in [-0.2, -0.15) is 4.98 Å². The second-order valence-electron chi connectivity index (χ2n) is 7.36. The van der Waals surface area contributed by atoms with Crippen molar-refractivity contribution in [2.45, 2.75) is 26.7 Å². The van der Waals surface area contributed by atoms with Crippen LogP contribution in [0.1, 0.15) is 25.5 Å². The summed E-state index contributed by atoms with van der Waals surface area (Å²) in [5.41, 5.74) is 1.75. The molecule has 0 amide bonds. The van der Waals surface area contributed by atoms with Crippen LogP contribution in [0.15, 0.2) is 24.3 Å². The lowest BCUT2D eigenvalue weighted by Crippen LogP contribution is -2.23. The molecule has 1 aliphatic heterocycles. The number of likely N-dealkylation sites (tertiary alicyclic amines) is 1. The van der Waals surface area contributed by atoms with Gasteiger partial charge in [0.1, 0.15) is 5.82 Å². The number of hydrogen-bond donors (Lipinski definition) is 2. The molecule has 0 saturated carbocycles. The Morgan fingerprint density at radius 2 is 2.07 bits per heavy atom. The molecule has 1 atom stereocenters. The number of nitrogens with zero attached hydrogens (tertiary/aromatic N) is 3. The van der Waals surface area contributed by atoms with E-state index in [1.165, 1.54) is 19.5 Å². The molecule has 0 spiro atoms. The van der Waals surface area contributed by atoms with E-state index in [-0.39, 0.29) is 0 Å². The standard InChI is InChI=1S/C21H31N5O2/c1-15-8-10-26(14-15)9-5-11-28-19-13-17(6-7-18(19)27-4)24-21-23-16(2)12-20(22-3)25-21/h6-7,12-13,15H,5,8-11,14H2,1-4H3,(H2,22,23,24,25). The first-order valence-corrected chi connectivity index (χ1v) is 9.91. The van der Waals surface area contributed by atoms with Gasteiger partial charge in [0, 0.05) is 43.7 Å². The van der Waals surface area contributed by atoms with Crippen molar-refractivity contribution in [3.63, 3.8) is 0 Å². The van der Waals surface area contributed by atoms with E-state index in [0.29, 0.717) is 12.6 Å². The molecule has 3 rings (SSSR count). The van der Waals surface area contributed by atoms with Gasteiger partial charge in [-0.15, -0.1) is 0 Å². The summed E-state index contributed by atoms with van der Waals surface area (Å²) in [4.78, 5) is 11.4. The van der Waals surface area contributed by atoms with Gasteiger partial charge < -0.3 is 25.0 Å². The summed E-state index contributed by atoms with van der Waals surface area (Å²) in [5.74, 6) is 3.58. The number of ether oxygens (including phenoxy) is 2. The van der Waals surface area contributed by atoms with E-state index >= 15 is 0 Å². The molecule has 152 valence electrons. The van der Waals surface area contributed by atoms with Gasteiger partial charge in [0.05, 0.1) is 13.7 Å². The van der Waals surface area contributed by atoms with Gasteiger partial charge >= 0.3 is 0 Å². The van der Waals surface area contributed by atoms with Crippen LogP contribution in [-0.4, -0.2) is 55.3 Å². The predicted molar refractivity (Wildman–Crippen MR) is 113 cm³/mol. The Morgan fingerprint density at radius 1 is 1.21 bits per heavy atom. The van der Waals surface area contributed by atoms with Crippen LogP contribution in [0.3, 0.4) is 0 Å². The van der Waals surface area contributed by atoms with E-state index in [1.807, 2.05) is 38.2 Å². The lowest BCUT2D eigenvalue weighted by atomic mass is 10.2. The fourth-order valence-corrected chi connectivity index (χ4v) is 3.45. The van der Waals surface area contributed by atoms with Crippen molar-refractivity contribution in [3.8, 4) is 11.5 Å². The normalized spacial score (nSPS) is 16.8. The number of nitrogens with one attached hydrogen (secondary N) is 2. The van der Waals surface area contributed by atoms with E-state index in [0.717, 1.165) is 47.6 Å². The first-order chi connectivity index (χ1) is 13.6. The van der Waals surface area contributed by atoms with Gasteiger partial charge in [-0.1, -0.05) is 6.92 Å². The molecule has 0 aliphatic carbocycles. The molecule has 1 aromatic heterocycles. The quantitative estimate of drug-likeness (QED) is 0.638. The SMILES string of the molecule is CNc1cc(C)nc(Nc2ccc(OC)c(OCCCN3CCC(C)C3)c2)n1. The zero-order valence-corrected chi connectivity index (χ0v) is 17.3. The van der Waals surface area contributed by atoms with E-state index in [1.54, 1.807) is 7.11 Å². The Balaban J connectivity index is 1.60. The van der Waals surface area contributed by atoms with Crippen LogP contribution in [0.4, 0.5) is 17.5 Å². The topological polar surface area (TPSA) is 71.5 Å². The number of aryl methyl sites for hydroxylation is 1. The Labute approximate surface area is 167 Å². The summed E-state index contributed by atoms with van der Waals surface area (Å²) in [5, 5.41) is 6.29. The van der Waals surface area contributed by atoms with Gasteiger partial charge in [-0.25, -0.2) is 4.98 Å². The lowest BCUT2D eigenvalue weighted by molar-refractivity contribution is 0.251. The summed E-state index contributed by atoms with van der Waals surface area (Å²) < 4.78 is 11.5. The van der Waals surface area contributed by atoms with Crippen molar-refractivity contribution in [2.75, 3.05) is 51.0 Å². The second-order valence-corrected chi connectivity index (χ2v) is 7.36. The predicted octanol–water partition coefficient (Wildman–Crippen LogP) is 3.69. The van der Waals surface area contributed by atoms with Gasteiger partial charge in [0.15, 0.2) is 11.5 Å². The number of benzene rings is 1. The average Bonchev–Trinajstić information content (AvgIpc) is 3.10. The molecular weight excluding hydrogens is 354 g/mol. The van der Waals surface area contributed by atoms with Crippen molar-refractivity contribution in [2.24, 2.45) is 5.92 Å². The first-order valence-electron chi connectivity index (χ1n) is 9.91. The smallest absolute Gasteiger partial charge is 0.229 e. The molecule has 1 fully saturated rings. The number of methoxy groups -OCH3 is 1. The Hall–Kier alpha value is -2.54. The van der Waals surface area contributed by atoms with E-state index in [2.05, 4.69) is 32.4 Å². The highest BCUT2D eigenvalue weighted by Gasteiger charge is 2.17. The third-order valence-corrected chi connectivity index (χ3v) is 4.91. The van der Waals surface area contributed by atoms with E-state index in [4.69, 9.17) is 9.47 Å². The summed E-state index contributed by atoms with van der Waals surface area (Å²) in [6, 6.07) is 7.66. The Morgan fingerprint density at radius 3 is 2.79 bits per heavy atom. The molecule has 2 N–H and O–H groups in total. The Bertz CT molecular complexity index is 783. The maximum Gasteiger partial charge on any atom is 0.229 e. The highest BCUT2D eigenvalue weighted by molar-refractivity contribution is 5.60. The lowest BCUT2D eigenvalue weighted by Gasteiger charge is -2.16. The number of rotatable bonds is 9. The van der Waals surface area contributed by atoms with E-state index < -0.39 is 0 Å². The number of hydrogen-bond acceptors (Lipinski definition) is 7. The molecule has 28 heavy (non-hydrogen) atoms. The van der Waals surface area contributed by atoms with Crippen LogP contribution in [0, 0.1) is 12.8 Å². The molecule has 1 aromatic carbocycles. The minimum absolute atomic E-state index is 0.545. The number of aromatic nitrogens is 2. The molecule has 1 saturated heterocycles. The monoisotopic (exact) mass is 385 g/mol. The summed E-state index contributed by atoms with van der Waals surface area (Å²) in [6.07, 6.45) is 2.30. The van der Waals surface area contributed by atoms with Crippen molar-refractivity contribution >= 4 is 17.5 Å². The van der Waals surface area contributed by atoms with Crippen LogP contribution in [0.5, 0.6) is 11.5 Å². The molecular formula is C21H31N5O2. The molecule has 2 heterocycles. The fraction of sp³-hybridized carbons (Fsp3) is 0.524. The zero-order chi connectivity index (χ0) is 19.9. The molecule has 7 heteroatoms. The Kier molecular flexibility index (Phi) is 6.92. The van der Waals surface area contributed by atoms with Gasteiger partial charge in [-0.3, -0.25) is 0 Å². The molecule has 2 aromatic rings. The zero-order valence-electron chi connectivity index (χ0n) is 17.3. The van der Waals surface area contributed by atoms with Crippen LogP contribution >= 0.6 is 0 Å². The summed E-state index contributed by atoms with van der Waals surface area (Å²) >= 11 is 0. The minimum Gasteiger partial charge on any atom is -0.493 e. The molecule has 7 nitrogen and oxygen atoms in total. The van der Waals surface area contributed by atoms with Gasteiger partial charge in [-0.05, 0) is 44.4 Å². The highest BCUT2D eigenvalue weighted by atomic mass is 16.5. The average molecular weight is 386 g/mol. The highest BCUT2D eigenvalue weighted by Crippen LogP contribution is 2.31. The van der Waals surface area contributed by atoms with Crippen LogP contribution < -0.4 is 20.1 Å². The minimum atomic E-state index is 0.545. The fourth-order valence-electron chi connectivity index (χ4n) is 3.45. The molecule has 1 aliphatic rings. The van der Waals surface area contributed by atoms with Crippen molar-refractivity contribution in [1.82, 2.24) is 14.9 Å². The van der Waals surface area contributed by atoms with E-state index in [9.17, 15) is 0 Å². The summed E-state index contributed by atoms with van der Waals surface area (Å²) in [7, 11) is 3.50. The van der Waals surface area contributed by atoms with Crippen LogP contribution in [-0.2, 0) is 0 Å². The maximum absolute atomic E-state index is 6.02. The molecule has 0 bridgehead atoms. The summed E-state index contributed by atoms with van der Waals surface area (Å²) in [6.45, 7) is 8.40. The number of anilines is 3.